The number of carbonyl (C=O) groups excluding carboxylic acids is 4. The molecule has 0 spiro atoms. The van der Waals surface area contributed by atoms with Crippen LogP contribution >= 0.6 is 0 Å². The number of pyridine rings is 1. The molecule has 0 N–H and O–H groups in total. The number of hydrogen-bond acceptors (Lipinski definition) is 9. The van der Waals surface area contributed by atoms with Crippen molar-refractivity contribution in [2.24, 2.45) is 0 Å². The van der Waals surface area contributed by atoms with Crippen molar-refractivity contribution in [1.29, 1.82) is 0 Å². The summed E-state index contributed by atoms with van der Waals surface area (Å²) < 4.78 is 59.6. The van der Waals surface area contributed by atoms with Crippen LogP contribution in [-0.4, -0.2) is 55.4 Å². The summed E-state index contributed by atoms with van der Waals surface area (Å²) >= 11 is 0. The maximum absolute atomic E-state index is 12.4. The largest absolute Gasteiger partial charge is 0.463 e. The fourth-order valence-corrected chi connectivity index (χ4v) is 2.65. The van der Waals surface area contributed by atoms with Gasteiger partial charge < -0.3 is 23.7 Å². The molecule has 1 aliphatic rings. The first-order valence-corrected chi connectivity index (χ1v) is 8.72. The van der Waals surface area contributed by atoms with Gasteiger partial charge in [0.25, 0.3) is 0 Å². The zero-order valence-corrected chi connectivity index (χ0v) is 16.3. The molecular weight excluding hydrogens is 386 g/mol. The molecule has 1 aromatic rings. The predicted octanol–water partition coefficient (Wildman–Crippen LogP) is 0.475. The number of carbonyl (C=O) groups is 4. The van der Waals surface area contributed by atoms with Gasteiger partial charge in [-0.2, -0.15) is 4.57 Å². The van der Waals surface area contributed by atoms with E-state index in [1.807, 2.05) is 0 Å². The Kier molecular flexibility index (Phi) is 5.81. The Morgan fingerprint density at radius 1 is 1.07 bits per heavy atom. The fraction of sp³-hybridized carbons (Fsp3) is 0.526. The first kappa shape index (κ1) is 16.9. The van der Waals surface area contributed by atoms with E-state index in [-0.39, 0.29) is 6.61 Å². The van der Waals surface area contributed by atoms with Crippen LogP contribution in [0.3, 0.4) is 0 Å². The standard InChI is InChI=1S/C19H24NO9/c1-5-25-19(24)14-7-6-8-20(9-14)18-17(28-13(4)23)16(27-12(3)22)15(29-18)10-26-11(2)21/h6-9,15-18H,5,10H2,1-4H3/q+1/t15-,16-,17-,18-/m1/s1/i6D,7D,8D,9D. The van der Waals surface area contributed by atoms with Crippen molar-refractivity contribution in [2.75, 3.05) is 13.2 Å². The Bertz CT molecular complexity index is 971. The van der Waals surface area contributed by atoms with E-state index in [0.29, 0.717) is 0 Å². The SMILES string of the molecule is [2H]c1c([2H])c([2H])[n+]([C@@H]2O[C@H](COC(C)=O)[C@@H](OC(C)=O)[C@H]2OC(C)=O)c([2H])c1C(=O)OCC. The molecule has 10 heteroatoms. The van der Waals surface area contributed by atoms with Gasteiger partial charge in [0.2, 0.25) is 6.10 Å². The molecule has 1 fully saturated rings. The van der Waals surface area contributed by atoms with Crippen LogP contribution in [0.15, 0.2) is 24.4 Å². The molecule has 0 aromatic carbocycles. The average Bonchev–Trinajstić information content (AvgIpc) is 3.01. The van der Waals surface area contributed by atoms with Gasteiger partial charge in [-0.25, -0.2) is 4.79 Å². The molecule has 4 atom stereocenters. The van der Waals surface area contributed by atoms with Gasteiger partial charge in [0, 0.05) is 26.8 Å². The Balaban J connectivity index is 2.68. The van der Waals surface area contributed by atoms with Gasteiger partial charge in [-0.3, -0.25) is 14.4 Å². The van der Waals surface area contributed by atoms with E-state index in [0.717, 1.165) is 25.3 Å². The quantitative estimate of drug-likeness (QED) is 0.356. The number of hydrogen-bond donors (Lipinski definition) is 0. The summed E-state index contributed by atoms with van der Waals surface area (Å²) in [5.41, 5.74) is -0.601. The molecule has 0 unspecified atom stereocenters. The minimum atomic E-state index is -1.53. The van der Waals surface area contributed by atoms with Crippen LogP contribution in [0.2, 0.25) is 0 Å². The summed E-state index contributed by atoms with van der Waals surface area (Å²) in [6.07, 6.45) is -6.86. The van der Waals surface area contributed by atoms with Crippen molar-refractivity contribution in [3.05, 3.63) is 30.0 Å². The zero-order chi connectivity index (χ0) is 25.0. The van der Waals surface area contributed by atoms with Crippen LogP contribution in [0, 0.1) is 0 Å². The lowest BCUT2D eigenvalue weighted by Gasteiger charge is -2.21. The number of esters is 4. The molecule has 0 radical (unpaired) electrons. The number of rotatable bonds is 7. The van der Waals surface area contributed by atoms with Gasteiger partial charge in [0.15, 0.2) is 18.4 Å². The van der Waals surface area contributed by atoms with Crippen molar-refractivity contribution in [3.63, 3.8) is 0 Å². The highest BCUT2D eigenvalue weighted by Crippen LogP contribution is 2.31. The molecule has 29 heavy (non-hydrogen) atoms. The lowest BCUT2D eigenvalue weighted by molar-refractivity contribution is -0.765. The second-order valence-electron chi connectivity index (χ2n) is 5.95. The lowest BCUT2D eigenvalue weighted by Crippen LogP contribution is -2.48. The van der Waals surface area contributed by atoms with E-state index < -0.39 is 85.0 Å². The third kappa shape index (κ3) is 5.98. The van der Waals surface area contributed by atoms with Crippen molar-refractivity contribution in [1.82, 2.24) is 0 Å². The second-order valence-corrected chi connectivity index (χ2v) is 5.95. The molecule has 2 rings (SSSR count). The van der Waals surface area contributed by atoms with E-state index in [1.165, 1.54) is 6.92 Å². The highest BCUT2D eigenvalue weighted by atomic mass is 16.7. The molecule has 2 heterocycles. The van der Waals surface area contributed by atoms with Gasteiger partial charge in [0.1, 0.15) is 21.0 Å². The molecule has 1 aromatic heterocycles. The van der Waals surface area contributed by atoms with Crippen LogP contribution in [0.5, 0.6) is 0 Å². The van der Waals surface area contributed by atoms with Crippen molar-refractivity contribution < 1.29 is 52.9 Å². The molecule has 1 aliphatic heterocycles. The average molecular weight is 414 g/mol. The van der Waals surface area contributed by atoms with Crippen molar-refractivity contribution in [2.45, 2.75) is 52.2 Å². The molecule has 158 valence electrons. The summed E-state index contributed by atoms with van der Waals surface area (Å²) in [4.78, 5) is 47.1. The van der Waals surface area contributed by atoms with Gasteiger partial charge in [0.05, 0.1) is 9.35 Å². The summed E-state index contributed by atoms with van der Waals surface area (Å²) in [7, 11) is 0. The van der Waals surface area contributed by atoms with Gasteiger partial charge in [-0.05, 0) is 13.0 Å². The Morgan fingerprint density at radius 2 is 1.72 bits per heavy atom. The van der Waals surface area contributed by atoms with E-state index >= 15 is 0 Å². The second kappa shape index (κ2) is 9.97. The minimum absolute atomic E-state index is 0.0668. The van der Waals surface area contributed by atoms with E-state index in [9.17, 15) is 19.2 Å². The lowest BCUT2D eigenvalue weighted by atomic mass is 10.1. The third-order valence-corrected chi connectivity index (χ3v) is 3.67. The number of ether oxygens (including phenoxy) is 5. The van der Waals surface area contributed by atoms with Crippen LogP contribution in [0.4, 0.5) is 0 Å². The summed E-state index contributed by atoms with van der Waals surface area (Å²) in [5, 5.41) is 0. The van der Waals surface area contributed by atoms with Crippen molar-refractivity contribution in [3.8, 4) is 0 Å². The molecular formula is C19H24NO9+. The number of nitrogens with zero attached hydrogens (tertiary/aromatic N) is 1. The zero-order valence-electron chi connectivity index (χ0n) is 20.3. The van der Waals surface area contributed by atoms with Crippen LogP contribution in [0.1, 0.15) is 49.8 Å². The summed E-state index contributed by atoms with van der Waals surface area (Å²) in [6, 6.07) is -1.42. The summed E-state index contributed by atoms with van der Waals surface area (Å²) in [6.45, 7) is 4.33. The molecule has 0 saturated carbocycles. The highest BCUT2D eigenvalue weighted by molar-refractivity contribution is 5.88. The van der Waals surface area contributed by atoms with Crippen LogP contribution in [0.25, 0.3) is 0 Å². The first-order chi connectivity index (χ1) is 15.4. The maximum atomic E-state index is 12.4. The van der Waals surface area contributed by atoms with E-state index in [1.54, 1.807) is 0 Å². The van der Waals surface area contributed by atoms with Crippen LogP contribution < -0.4 is 4.57 Å². The Hall–Kier alpha value is -3.01. The smallest absolute Gasteiger partial charge is 0.344 e. The van der Waals surface area contributed by atoms with Crippen molar-refractivity contribution >= 4 is 23.9 Å². The van der Waals surface area contributed by atoms with Gasteiger partial charge in [-0.1, -0.05) is 0 Å². The first-order valence-electron chi connectivity index (χ1n) is 10.7. The molecule has 0 aliphatic carbocycles. The monoisotopic (exact) mass is 414 g/mol. The van der Waals surface area contributed by atoms with E-state index in [4.69, 9.17) is 29.2 Å². The maximum Gasteiger partial charge on any atom is 0.344 e. The van der Waals surface area contributed by atoms with Crippen LogP contribution in [-0.2, 0) is 38.1 Å². The number of aromatic nitrogens is 1. The Morgan fingerprint density at radius 3 is 2.31 bits per heavy atom. The normalized spacial score (nSPS) is 25.1. The molecule has 1 saturated heterocycles. The van der Waals surface area contributed by atoms with Gasteiger partial charge in [-0.15, -0.1) is 0 Å². The summed E-state index contributed by atoms with van der Waals surface area (Å²) in [5.74, 6) is -3.32. The third-order valence-electron chi connectivity index (χ3n) is 3.67. The highest BCUT2D eigenvalue weighted by Gasteiger charge is 2.54. The molecule has 0 amide bonds. The molecule has 10 nitrogen and oxygen atoms in total. The Labute approximate surface area is 173 Å². The minimum Gasteiger partial charge on any atom is -0.463 e. The predicted molar refractivity (Wildman–Crippen MR) is 94.2 cm³/mol. The fourth-order valence-electron chi connectivity index (χ4n) is 2.65. The van der Waals surface area contributed by atoms with Gasteiger partial charge >= 0.3 is 30.1 Å². The topological polar surface area (TPSA) is 118 Å². The van der Waals surface area contributed by atoms with E-state index in [2.05, 4.69) is 0 Å². The molecule has 0 bridgehead atoms.